The Balaban J connectivity index is 1.57. The first-order valence-corrected chi connectivity index (χ1v) is 21.9. The molecule has 0 fully saturated rings. The van der Waals surface area contributed by atoms with Crippen LogP contribution < -0.4 is 20.7 Å². The molecule has 230 valence electrons. The highest BCUT2D eigenvalue weighted by Crippen LogP contribution is 2.40. The molecule has 0 aliphatic heterocycles. The van der Waals surface area contributed by atoms with Crippen molar-refractivity contribution in [2.24, 2.45) is 0 Å². The van der Waals surface area contributed by atoms with Crippen LogP contribution in [0, 0.1) is 0 Å². The Kier molecular flexibility index (Phi) is 10.3. The topological polar surface area (TPSA) is 18.5 Å². The van der Waals surface area contributed by atoms with Crippen LogP contribution in [-0.4, -0.2) is 16.6 Å². The molecule has 0 N–H and O–H groups in total. The van der Waals surface area contributed by atoms with E-state index >= 15 is 0 Å². The summed E-state index contributed by atoms with van der Waals surface area (Å²) in [7, 11) is -5.57. The van der Waals surface area contributed by atoms with Crippen molar-refractivity contribution < 1.29 is 8.85 Å². The Morgan fingerprint density at radius 1 is 0.370 bits per heavy atom. The van der Waals surface area contributed by atoms with E-state index in [4.69, 9.17) is 8.85 Å². The van der Waals surface area contributed by atoms with Crippen LogP contribution in [0.2, 0.25) is 13.1 Å². The number of hydrogen-bond donors (Lipinski definition) is 0. The minimum atomic E-state index is -2.79. The first kappa shape index (κ1) is 32.6. The average molecular weight is 765 g/mol. The molecular weight excluding hydrogens is 728 g/mol. The molecule has 0 heterocycles. The Hall–Kier alpha value is -3.37. The lowest BCUT2D eigenvalue weighted by molar-refractivity contribution is 0.0469. The summed E-state index contributed by atoms with van der Waals surface area (Å²) < 4.78 is 17.5. The second-order valence-corrected chi connectivity index (χ2v) is 20.5. The van der Waals surface area contributed by atoms with Crippen molar-refractivity contribution in [2.75, 3.05) is 0 Å². The van der Waals surface area contributed by atoms with Crippen LogP contribution >= 0.6 is 31.9 Å². The zero-order chi connectivity index (χ0) is 32.0. The van der Waals surface area contributed by atoms with Gasteiger partial charge in [-0.2, -0.15) is 0 Å². The fourth-order valence-electron chi connectivity index (χ4n) is 6.05. The zero-order valence-electron chi connectivity index (χ0n) is 25.9. The largest absolute Gasteiger partial charge is 0.398 e. The summed E-state index contributed by atoms with van der Waals surface area (Å²) in [6.45, 7) is 4.63. The molecule has 0 spiro atoms. The lowest BCUT2D eigenvalue weighted by Gasteiger charge is -2.41. The number of halogens is 2. The van der Waals surface area contributed by atoms with E-state index in [0.717, 1.165) is 20.1 Å². The fourth-order valence-corrected chi connectivity index (χ4v) is 12.6. The van der Waals surface area contributed by atoms with E-state index in [1.165, 1.54) is 20.7 Å². The third-order valence-electron chi connectivity index (χ3n) is 8.70. The van der Waals surface area contributed by atoms with Crippen molar-refractivity contribution in [1.29, 1.82) is 0 Å². The number of benzene rings is 6. The molecule has 0 aliphatic carbocycles. The molecule has 2 atom stereocenters. The van der Waals surface area contributed by atoms with E-state index in [1.54, 1.807) is 0 Å². The minimum absolute atomic E-state index is 0.411. The molecule has 0 aromatic heterocycles. The summed E-state index contributed by atoms with van der Waals surface area (Å²) in [5.74, 6) is 0. The molecule has 0 saturated heterocycles. The monoisotopic (exact) mass is 762 g/mol. The van der Waals surface area contributed by atoms with E-state index in [0.29, 0.717) is 0 Å². The second-order valence-electron chi connectivity index (χ2n) is 11.7. The van der Waals surface area contributed by atoms with Gasteiger partial charge < -0.3 is 8.85 Å². The molecule has 6 heteroatoms. The third kappa shape index (κ3) is 7.13. The van der Waals surface area contributed by atoms with Crippen molar-refractivity contribution in [3.05, 3.63) is 190 Å². The molecule has 0 saturated carbocycles. The van der Waals surface area contributed by atoms with Gasteiger partial charge in [0, 0.05) is 8.95 Å². The van der Waals surface area contributed by atoms with E-state index in [9.17, 15) is 0 Å². The number of rotatable bonds is 11. The van der Waals surface area contributed by atoms with Crippen LogP contribution in [0.1, 0.15) is 23.3 Å². The zero-order valence-corrected chi connectivity index (χ0v) is 31.1. The van der Waals surface area contributed by atoms with Crippen LogP contribution in [0.3, 0.4) is 0 Å². The van der Waals surface area contributed by atoms with E-state index < -0.39 is 28.8 Å². The predicted molar refractivity (Wildman–Crippen MR) is 203 cm³/mol. The van der Waals surface area contributed by atoms with Gasteiger partial charge in [-0.3, -0.25) is 0 Å². The van der Waals surface area contributed by atoms with Gasteiger partial charge in [-0.15, -0.1) is 0 Å². The van der Waals surface area contributed by atoms with E-state index in [2.05, 4.69) is 215 Å². The molecule has 6 rings (SSSR count). The van der Waals surface area contributed by atoms with Gasteiger partial charge in [0.05, 0.1) is 0 Å². The maximum absolute atomic E-state index is 7.71. The first-order chi connectivity index (χ1) is 22.4. The summed E-state index contributed by atoms with van der Waals surface area (Å²) in [5.41, 5.74) is 2.14. The van der Waals surface area contributed by atoms with Crippen molar-refractivity contribution in [2.45, 2.75) is 25.3 Å². The van der Waals surface area contributed by atoms with Gasteiger partial charge in [-0.05, 0) is 69.2 Å². The number of hydrogen-bond acceptors (Lipinski definition) is 2. The van der Waals surface area contributed by atoms with E-state index in [1.807, 2.05) is 0 Å². The van der Waals surface area contributed by atoms with Gasteiger partial charge in [0.25, 0.3) is 16.6 Å². The smallest absolute Gasteiger partial charge is 0.253 e. The lowest BCUT2D eigenvalue weighted by Crippen LogP contribution is -2.61. The predicted octanol–water partition coefficient (Wildman–Crippen LogP) is 8.81. The highest BCUT2D eigenvalue weighted by Gasteiger charge is 2.44. The molecule has 0 unspecified atom stereocenters. The quantitative estimate of drug-likeness (QED) is 0.123. The molecule has 46 heavy (non-hydrogen) atoms. The maximum atomic E-state index is 7.71. The first-order valence-electron chi connectivity index (χ1n) is 15.5. The molecule has 0 bridgehead atoms. The summed E-state index contributed by atoms with van der Waals surface area (Å²) >= 11 is 7.34. The van der Waals surface area contributed by atoms with Crippen LogP contribution in [0.5, 0.6) is 0 Å². The van der Waals surface area contributed by atoms with Crippen molar-refractivity contribution in [1.82, 2.24) is 0 Å². The summed E-state index contributed by atoms with van der Waals surface area (Å²) in [6, 6.07) is 59.9. The summed E-state index contributed by atoms with van der Waals surface area (Å²) in [5, 5.41) is 4.85. The Morgan fingerprint density at radius 2 is 0.609 bits per heavy atom. The average Bonchev–Trinajstić information content (AvgIpc) is 3.12. The van der Waals surface area contributed by atoms with Gasteiger partial charge in [-0.1, -0.05) is 177 Å². The molecule has 0 radical (unpaired) electrons. The van der Waals surface area contributed by atoms with Crippen molar-refractivity contribution in [3.63, 3.8) is 0 Å². The van der Waals surface area contributed by atoms with E-state index in [-0.39, 0.29) is 0 Å². The highest BCUT2D eigenvalue weighted by molar-refractivity contribution is 9.10. The van der Waals surface area contributed by atoms with Crippen molar-refractivity contribution >= 4 is 69.2 Å². The summed E-state index contributed by atoms with van der Waals surface area (Å²) in [6.07, 6.45) is -0.823. The van der Waals surface area contributed by atoms with Crippen molar-refractivity contribution in [3.8, 4) is 0 Å². The molecule has 6 aromatic carbocycles. The Morgan fingerprint density at radius 3 is 0.848 bits per heavy atom. The molecule has 0 aliphatic rings. The highest BCUT2D eigenvalue weighted by atomic mass is 79.9. The SMILES string of the molecule is C[Si](O[C@H](c1ccc(Br)cc1)[C@H](O[Si](C)(c1ccccc1)c1ccccc1)c1ccc(Br)cc1)(c1ccccc1)c1ccccc1. The fraction of sp³-hybridized carbons (Fsp3) is 0.100. The molecule has 6 aromatic rings. The Bertz CT molecular complexity index is 1600. The normalized spacial score (nSPS) is 13.2. The third-order valence-corrected chi connectivity index (χ3v) is 16.9. The van der Waals surface area contributed by atoms with Gasteiger partial charge in [0.2, 0.25) is 0 Å². The van der Waals surface area contributed by atoms with Crippen LogP contribution in [0.15, 0.2) is 179 Å². The van der Waals surface area contributed by atoms with Crippen LogP contribution in [0.25, 0.3) is 0 Å². The summed E-state index contributed by atoms with van der Waals surface area (Å²) in [4.78, 5) is 0. The molecular formula is C40H36Br2O2Si2. The minimum Gasteiger partial charge on any atom is -0.398 e. The Labute approximate surface area is 291 Å². The molecule has 0 amide bonds. The van der Waals surface area contributed by atoms with Gasteiger partial charge in [0.1, 0.15) is 12.2 Å². The molecule has 2 nitrogen and oxygen atoms in total. The van der Waals surface area contributed by atoms with Gasteiger partial charge in [-0.25, -0.2) is 0 Å². The standard InChI is InChI=1S/C40H36Br2O2Si2/c1-45(35-15-7-3-8-16-35,36-17-9-4-10-18-36)43-39(31-23-27-33(41)28-24-31)40(32-25-29-34(42)30-26-32)44-46(2,37-19-11-5-12-20-37)38-21-13-6-14-22-38/h3-30,39-40H,1-2H3/t39-,40-/m1/s1. The van der Waals surface area contributed by atoms with Crippen LogP contribution in [0.4, 0.5) is 0 Å². The van der Waals surface area contributed by atoms with Gasteiger partial charge in [0.15, 0.2) is 0 Å². The lowest BCUT2D eigenvalue weighted by atomic mass is 9.98. The van der Waals surface area contributed by atoms with Crippen LogP contribution in [-0.2, 0) is 8.85 Å². The van der Waals surface area contributed by atoms with Gasteiger partial charge >= 0.3 is 0 Å². The second kappa shape index (κ2) is 14.6. The maximum Gasteiger partial charge on any atom is 0.253 e.